The summed E-state index contributed by atoms with van der Waals surface area (Å²) < 4.78 is 57.0. The number of rotatable bonds is 8. The van der Waals surface area contributed by atoms with Gasteiger partial charge in [-0.3, -0.25) is 19.2 Å². The molecule has 0 aromatic heterocycles. The lowest BCUT2D eigenvalue weighted by molar-refractivity contribution is -0.162. The van der Waals surface area contributed by atoms with Crippen molar-refractivity contribution < 1.29 is 36.7 Å². The van der Waals surface area contributed by atoms with E-state index >= 15 is 8.78 Å². The average molecular weight is 497 g/mol. The summed E-state index contributed by atoms with van der Waals surface area (Å²) in [6.45, 7) is -1.03. The van der Waals surface area contributed by atoms with Crippen molar-refractivity contribution in [2.75, 3.05) is 19.8 Å². The number of nitrogens with zero attached hydrogens (tertiary/aromatic N) is 1. The molecule has 3 aliphatic rings. The molecule has 35 heavy (non-hydrogen) atoms. The zero-order valence-electron chi connectivity index (χ0n) is 18.9. The molecule has 3 fully saturated rings. The molecular formula is C24H27F4N3O4. The normalized spacial score (nSPS) is 26.9. The number of nitrogens with one attached hydrogen (secondary N) is 2. The number of alkyl halides is 3. The van der Waals surface area contributed by atoms with Crippen LogP contribution in [-0.2, 0) is 25.1 Å². The standard InChI is InChI=1S/C24H27F4N3O4/c25-11-19(32)18(9-13-7-8-29-21(13)33)30-22(34)20-17-6-1-3-14(17)12-31(20)23(35)24(27,28)15-4-2-5-16(26)10-15/h2,4-5,10,13-14,17-18,20H,1,3,6-9,11-12H2,(H,29,33)(H,30,34). The highest BCUT2D eigenvalue weighted by Crippen LogP contribution is 2.44. The number of hydrogen-bond donors (Lipinski definition) is 2. The van der Waals surface area contributed by atoms with Crippen LogP contribution in [0.1, 0.15) is 37.7 Å². The zero-order valence-corrected chi connectivity index (χ0v) is 18.9. The predicted octanol–water partition coefficient (Wildman–Crippen LogP) is 2.09. The first-order valence-electron chi connectivity index (χ1n) is 11.7. The smallest absolute Gasteiger partial charge is 0.350 e. The number of halogens is 4. The number of carbonyl (C=O) groups excluding carboxylic acids is 4. The van der Waals surface area contributed by atoms with Gasteiger partial charge in [-0.1, -0.05) is 18.6 Å². The zero-order chi connectivity index (χ0) is 25.3. The third kappa shape index (κ3) is 4.90. The van der Waals surface area contributed by atoms with Crippen LogP contribution in [0.3, 0.4) is 0 Å². The van der Waals surface area contributed by atoms with E-state index in [4.69, 9.17) is 0 Å². The summed E-state index contributed by atoms with van der Waals surface area (Å²) in [5, 5.41) is 5.06. The van der Waals surface area contributed by atoms with Crippen molar-refractivity contribution in [1.82, 2.24) is 15.5 Å². The fraction of sp³-hybridized carbons (Fsp3) is 0.583. The lowest BCUT2D eigenvalue weighted by atomic mass is 9.92. The lowest BCUT2D eigenvalue weighted by Crippen LogP contribution is -2.55. The first-order valence-corrected chi connectivity index (χ1v) is 11.7. The molecule has 7 nitrogen and oxygen atoms in total. The molecule has 1 aromatic carbocycles. The van der Waals surface area contributed by atoms with E-state index in [1.165, 1.54) is 0 Å². The summed E-state index contributed by atoms with van der Waals surface area (Å²) in [5.41, 5.74) is -0.823. The lowest BCUT2D eigenvalue weighted by Gasteiger charge is -2.31. The Morgan fingerprint density at radius 1 is 1.20 bits per heavy atom. The molecule has 1 aromatic rings. The predicted molar refractivity (Wildman–Crippen MR) is 115 cm³/mol. The highest BCUT2D eigenvalue weighted by Gasteiger charge is 2.55. The monoisotopic (exact) mass is 497 g/mol. The molecule has 190 valence electrons. The fourth-order valence-electron chi connectivity index (χ4n) is 5.61. The van der Waals surface area contributed by atoms with Crippen LogP contribution < -0.4 is 10.6 Å². The first kappa shape index (κ1) is 25.1. The van der Waals surface area contributed by atoms with Crippen LogP contribution in [0.5, 0.6) is 0 Å². The number of carbonyl (C=O) groups is 4. The van der Waals surface area contributed by atoms with Crippen LogP contribution in [0.25, 0.3) is 0 Å². The summed E-state index contributed by atoms with van der Waals surface area (Å²) in [4.78, 5) is 51.3. The maximum atomic E-state index is 15.1. The van der Waals surface area contributed by atoms with E-state index in [1.807, 2.05) is 0 Å². The topological polar surface area (TPSA) is 95.6 Å². The molecule has 0 bridgehead atoms. The highest BCUT2D eigenvalue weighted by molar-refractivity contribution is 5.95. The fourth-order valence-corrected chi connectivity index (χ4v) is 5.61. The Morgan fingerprint density at radius 2 is 1.97 bits per heavy atom. The van der Waals surface area contributed by atoms with Crippen molar-refractivity contribution in [2.24, 2.45) is 17.8 Å². The van der Waals surface area contributed by atoms with Crippen molar-refractivity contribution in [3.63, 3.8) is 0 Å². The second kappa shape index (κ2) is 9.94. The molecule has 2 N–H and O–H groups in total. The Kier molecular flexibility index (Phi) is 7.14. The Hall–Kier alpha value is -2.98. The quantitative estimate of drug-likeness (QED) is 0.538. The molecular weight excluding hydrogens is 470 g/mol. The Bertz CT molecular complexity index is 1020. The number of amides is 3. The number of hydrogen-bond acceptors (Lipinski definition) is 4. The SMILES string of the molecule is O=C1NCCC1CC(NC(=O)C1C2CCCC2CN1C(=O)C(F)(F)c1cccc(F)c1)C(=O)CF. The number of Topliss-reactive ketones (excluding diaryl/α,β-unsaturated/α-hetero) is 1. The first-order chi connectivity index (χ1) is 16.6. The van der Waals surface area contributed by atoms with E-state index in [0.29, 0.717) is 31.9 Å². The van der Waals surface area contributed by atoms with Crippen molar-refractivity contribution in [1.29, 1.82) is 0 Å². The molecule has 2 aliphatic heterocycles. The van der Waals surface area contributed by atoms with E-state index in [-0.39, 0.29) is 24.8 Å². The summed E-state index contributed by atoms with van der Waals surface area (Å²) in [5.74, 6) is -9.84. The number of benzene rings is 1. The average Bonchev–Trinajstić information content (AvgIpc) is 3.53. The van der Waals surface area contributed by atoms with Gasteiger partial charge in [0.2, 0.25) is 11.8 Å². The van der Waals surface area contributed by atoms with Crippen molar-refractivity contribution in [2.45, 2.75) is 50.1 Å². The van der Waals surface area contributed by atoms with Gasteiger partial charge >= 0.3 is 5.92 Å². The molecule has 5 unspecified atom stereocenters. The van der Waals surface area contributed by atoms with E-state index in [0.717, 1.165) is 29.5 Å². The third-order valence-corrected chi connectivity index (χ3v) is 7.40. The largest absolute Gasteiger partial charge is 0.356 e. The maximum absolute atomic E-state index is 15.1. The molecule has 2 saturated heterocycles. The molecule has 0 radical (unpaired) electrons. The van der Waals surface area contributed by atoms with Gasteiger partial charge in [-0.15, -0.1) is 0 Å². The molecule has 4 rings (SSSR count). The van der Waals surface area contributed by atoms with E-state index < -0.39 is 65.5 Å². The van der Waals surface area contributed by atoms with Gasteiger partial charge in [0, 0.05) is 24.6 Å². The summed E-state index contributed by atoms with van der Waals surface area (Å²) in [7, 11) is 0. The minimum absolute atomic E-state index is 0.0702. The van der Waals surface area contributed by atoms with Crippen LogP contribution >= 0.6 is 0 Å². The third-order valence-electron chi connectivity index (χ3n) is 7.40. The van der Waals surface area contributed by atoms with Crippen LogP contribution in [0, 0.1) is 23.6 Å². The van der Waals surface area contributed by atoms with Crippen LogP contribution in [-0.4, -0.2) is 60.3 Å². The minimum atomic E-state index is -4.07. The van der Waals surface area contributed by atoms with Gasteiger partial charge < -0.3 is 15.5 Å². The molecule has 2 heterocycles. The van der Waals surface area contributed by atoms with Gasteiger partial charge in [-0.25, -0.2) is 8.78 Å². The Morgan fingerprint density at radius 3 is 2.63 bits per heavy atom. The number of fused-ring (bicyclic) bond motifs is 1. The van der Waals surface area contributed by atoms with Crippen LogP contribution in [0.15, 0.2) is 24.3 Å². The van der Waals surface area contributed by atoms with Gasteiger partial charge in [0.15, 0.2) is 5.78 Å². The maximum Gasteiger partial charge on any atom is 0.350 e. The van der Waals surface area contributed by atoms with Crippen LogP contribution in [0.2, 0.25) is 0 Å². The molecule has 5 atom stereocenters. The van der Waals surface area contributed by atoms with E-state index in [2.05, 4.69) is 10.6 Å². The summed E-state index contributed by atoms with van der Waals surface area (Å²) >= 11 is 0. The minimum Gasteiger partial charge on any atom is -0.356 e. The molecule has 1 saturated carbocycles. The van der Waals surface area contributed by atoms with Gasteiger partial charge in [0.1, 0.15) is 18.5 Å². The molecule has 0 spiro atoms. The summed E-state index contributed by atoms with van der Waals surface area (Å²) in [6.07, 6.45) is 2.25. The Balaban J connectivity index is 1.57. The second-order valence-electron chi connectivity index (χ2n) is 9.52. The molecule has 11 heteroatoms. The van der Waals surface area contributed by atoms with Gasteiger partial charge in [0.25, 0.3) is 5.91 Å². The van der Waals surface area contributed by atoms with Gasteiger partial charge in [0.05, 0.1) is 6.04 Å². The van der Waals surface area contributed by atoms with Crippen LogP contribution in [0.4, 0.5) is 17.6 Å². The molecule has 1 aliphatic carbocycles. The van der Waals surface area contributed by atoms with Gasteiger partial charge in [-0.05, 0) is 49.7 Å². The number of ketones is 1. The number of likely N-dealkylation sites (tertiary alicyclic amines) is 1. The van der Waals surface area contributed by atoms with Crippen molar-refractivity contribution in [3.05, 3.63) is 35.6 Å². The second-order valence-corrected chi connectivity index (χ2v) is 9.52. The molecule has 3 amide bonds. The summed E-state index contributed by atoms with van der Waals surface area (Å²) in [6, 6.07) is 0.972. The van der Waals surface area contributed by atoms with E-state index in [1.54, 1.807) is 0 Å². The van der Waals surface area contributed by atoms with Crippen molar-refractivity contribution in [3.8, 4) is 0 Å². The Labute approximate surface area is 199 Å². The van der Waals surface area contributed by atoms with Gasteiger partial charge in [-0.2, -0.15) is 8.78 Å². The van der Waals surface area contributed by atoms with E-state index in [9.17, 15) is 28.0 Å². The highest BCUT2D eigenvalue weighted by atomic mass is 19.3. The van der Waals surface area contributed by atoms with Crippen molar-refractivity contribution >= 4 is 23.5 Å².